The van der Waals surface area contributed by atoms with Gasteiger partial charge in [-0.3, -0.25) is 0 Å². The molecule has 0 spiro atoms. The SMILES string of the molecule is CN(C)CCCCNc1cccc(C(=O)O)c1N. The number of nitrogen functional groups attached to an aromatic ring is 1. The van der Waals surface area contributed by atoms with Crippen LogP contribution < -0.4 is 11.1 Å². The number of hydrogen-bond donors (Lipinski definition) is 3. The summed E-state index contributed by atoms with van der Waals surface area (Å²) in [4.78, 5) is 13.1. The third-order valence-corrected chi connectivity index (χ3v) is 2.68. The minimum Gasteiger partial charge on any atom is -0.478 e. The number of carbonyl (C=O) groups is 1. The first-order valence-corrected chi connectivity index (χ1v) is 6.02. The van der Waals surface area contributed by atoms with Crippen molar-refractivity contribution in [3.63, 3.8) is 0 Å². The normalized spacial score (nSPS) is 10.6. The van der Waals surface area contributed by atoms with E-state index < -0.39 is 5.97 Å². The van der Waals surface area contributed by atoms with E-state index in [1.54, 1.807) is 12.1 Å². The molecule has 0 aliphatic carbocycles. The summed E-state index contributed by atoms with van der Waals surface area (Å²) in [7, 11) is 4.09. The van der Waals surface area contributed by atoms with Crippen LogP contribution in [-0.2, 0) is 0 Å². The molecule has 0 radical (unpaired) electrons. The second kappa shape index (κ2) is 6.86. The van der Waals surface area contributed by atoms with Gasteiger partial charge in [0.05, 0.1) is 16.9 Å². The van der Waals surface area contributed by atoms with Gasteiger partial charge in [0.1, 0.15) is 0 Å². The summed E-state index contributed by atoms with van der Waals surface area (Å²) in [6.07, 6.45) is 2.12. The number of nitrogens with zero attached hydrogens (tertiary/aromatic N) is 1. The molecule has 0 amide bonds. The molecule has 0 fully saturated rings. The summed E-state index contributed by atoms with van der Waals surface area (Å²) in [6, 6.07) is 5.00. The molecule has 0 saturated carbocycles. The Bertz CT molecular complexity index is 405. The van der Waals surface area contributed by atoms with Crippen molar-refractivity contribution in [2.75, 3.05) is 38.2 Å². The van der Waals surface area contributed by atoms with Gasteiger partial charge >= 0.3 is 5.97 Å². The lowest BCUT2D eigenvalue weighted by atomic mass is 10.1. The maximum absolute atomic E-state index is 10.9. The fourth-order valence-corrected chi connectivity index (χ4v) is 1.68. The largest absolute Gasteiger partial charge is 0.478 e. The molecule has 1 aromatic rings. The fraction of sp³-hybridized carbons (Fsp3) is 0.462. The van der Waals surface area contributed by atoms with Gasteiger partial charge in [-0.1, -0.05) is 6.07 Å². The number of unbranched alkanes of at least 4 members (excludes halogenated alkanes) is 1. The van der Waals surface area contributed by atoms with Gasteiger partial charge in [0.2, 0.25) is 0 Å². The van der Waals surface area contributed by atoms with E-state index in [0.29, 0.717) is 11.4 Å². The van der Waals surface area contributed by atoms with Gasteiger partial charge in [-0.05, 0) is 45.6 Å². The summed E-state index contributed by atoms with van der Waals surface area (Å²) in [5, 5.41) is 12.1. The highest BCUT2D eigenvalue weighted by Gasteiger charge is 2.10. The van der Waals surface area contributed by atoms with Crippen molar-refractivity contribution >= 4 is 17.3 Å². The van der Waals surface area contributed by atoms with Crippen molar-refractivity contribution in [2.45, 2.75) is 12.8 Å². The molecule has 0 unspecified atom stereocenters. The Kier molecular flexibility index (Phi) is 5.45. The van der Waals surface area contributed by atoms with Crippen LogP contribution in [0.2, 0.25) is 0 Å². The van der Waals surface area contributed by atoms with E-state index in [9.17, 15) is 4.79 Å². The van der Waals surface area contributed by atoms with Crippen molar-refractivity contribution in [2.24, 2.45) is 0 Å². The van der Waals surface area contributed by atoms with Gasteiger partial charge in [0, 0.05) is 6.54 Å². The van der Waals surface area contributed by atoms with Crippen LogP contribution in [0.1, 0.15) is 23.2 Å². The van der Waals surface area contributed by atoms with Crippen LogP contribution in [0.25, 0.3) is 0 Å². The van der Waals surface area contributed by atoms with Crippen LogP contribution in [-0.4, -0.2) is 43.2 Å². The first-order valence-electron chi connectivity index (χ1n) is 6.02. The minimum atomic E-state index is -0.997. The second-order valence-corrected chi connectivity index (χ2v) is 4.51. The molecule has 1 aromatic carbocycles. The minimum absolute atomic E-state index is 0.147. The molecular formula is C13H21N3O2. The molecule has 0 atom stereocenters. The predicted molar refractivity (Wildman–Crippen MR) is 74.1 cm³/mol. The lowest BCUT2D eigenvalue weighted by Crippen LogP contribution is -2.14. The van der Waals surface area contributed by atoms with Crippen molar-refractivity contribution < 1.29 is 9.90 Å². The number of aromatic carboxylic acids is 1. The number of anilines is 2. The van der Waals surface area contributed by atoms with Gasteiger partial charge in [0.25, 0.3) is 0 Å². The fourth-order valence-electron chi connectivity index (χ4n) is 1.68. The van der Waals surface area contributed by atoms with Crippen LogP contribution in [0.15, 0.2) is 18.2 Å². The summed E-state index contributed by atoms with van der Waals surface area (Å²) < 4.78 is 0. The Morgan fingerprint density at radius 3 is 2.72 bits per heavy atom. The zero-order valence-corrected chi connectivity index (χ0v) is 10.9. The number of carboxylic acids is 1. The number of rotatable bonds is 7. The van der Waals surface area contributed by atoms with Gasteiger partial charge in [-0.15, -0.1) is 0 Å². The van der Waals surface area contributed by atoms with E-state index in [-0.39, 0.29) is 5.56 Å². The predicted octanol–water partition coefficient (Wildman–Crippen LogP) is 1.72. The highest BCUT2D eigenvalue weighted by Crippen LogP contribution is 2.22. The maximum Gasteiger partial charge on any atom is 0.337 e. The standard InChI is InChI=1S/C13H21N3O2/c1-16(2)9-4-3-8-15-11-7-5-6-10(12(11)14)13(17)18/h5-7,15H,3-4,8-9,14H2,1-2H3,(H,17,18). The average molecular weight is 251 g/mol. The highest BCUT2D eigenvalue weighted by molar-refractivity contribution is 5.97. The summed E-state index contributed by atoms with van der Waals surface area (Å²) in [5.74, 6) is -0.997. The Morgan fingerprint density at radius 1 is 1.39 bits per heavy atom. The molecule has 100 valence electrons. The molecule has 5 heteroatoms. The Morgan fingerprint density at radius 2 is 2.11 bits per heavy atom. The topological polar surface area (TPSA) is 78.6 Å². The molecule has 18 heavy (non-hydrogen) atoms. The van der Waals surface area contributed by atoms with E-state index >= 15 is 0 Å². The second-order valence-electron chi connectivity index (χ2n) is 4.51. The number of nitrogens with one attached hydrogen (secondary N) is 1. The van der Waals surface area contributed by atoms with Crippen molar-refractivity contribution in [3.05, 3.63) is 23.8 Å². The summed E-state index contributed by atoms with van der Waals surface area (Å²) in [5.41, 5.74) is 6.94. The smallest absolute Gasteiger partial charge is 0.337 e. The lowest BCUT2D eigenvalue weighted by Gasteiger charge is -2.12. The van der Waals surface area contributed by atoms with Crippen LogP contribution in [0.4, 0.5) is 11.4 Å². The van der Waals surface area contributed by atoms with Gasteiger partial charge in [-0.25, -0.2) is 4.79 Å². The maximum atomic E-state index is 10.9. The molecule has 1 rings (SSSR count). The number of benzene rings is 1. The first kappa shape index (κ1) is 14.3. The number of carboxylic acid groups (broad SMARTS) is 1. The summed E-state index contributed by atoms with van der Waals surface area (Å²) in [6.45, 7) is 1.84. The van der Waals surface area contributed by atoms with E-state index in [1.165, 1.54) is 6.07 Å². The van der Waals surface area contributed by atoms with Crippen molar-refractivity contribution in [1.29, 1.82) is 0 Å². The molecular weight excluding hydrogens is 230 g/mol. The number of para-hydroxylation sites is 1. The van der Waals surface area contributed by atoms with Gasteiger partial charge in [-0.2, -0.15) is 0 Å². The first-order chi connectivity index (χ1) is 8.52. The molecule has 0 aromatic heterocycles. The zero-order chi connectivity index (χ0) is 13.5. The molecule has 0 bridgehead atoms. The molecule has 4 N–H and O–H groups in total. The van der Waals surface area contributed by atoms with Crippen LogP contribution in [0.5, 0.6) is 0 Å². The monoisotopic (exact) mass is 251 g/mol. The van der Waals surface area contributed by atoms with Crippen molar-refractivity contribution in [1.82, 2.24) is 4.90 Å². The zero-order valence-electron chi connectivity index (χ0n) is 10.9. The molecule has 0 aliphatic heterocycles. The molecule has 5 nitrogen and oxygen atoms in total. The molecule has 0 heterocycles. The number of hydrogen-bond acceptors (Lipinski definition) is 4. The van der Waals surface area contributed by atoms with Gasteiger partial charge in [0.15, 0.2) is 0 Å². The number of nitrogens with two attached hydrogens (primary N) is 1. The Balaban J connectivity index is 2.48. The third kappa shape index (κ3) is 4.25. The average Bonchev–Trinajstić information content (AvgIpc) is 2.30. The quantitative estimate of drug-likeness (QED) is 0.508. The van der Waals surface area contributed by atoms with E-state index in [1.807, 2.05) is 14.1 Å². The third-order valence-electron chi connectivity index (χ3n) is 2.68. The lowest BCUT2D eigenvalue weighted by molar-refractivity contribution is 0.0698. The summed E-state index contributed by atoms with van der Waals surface area (Å²) >= 11 is 0. The highest BCUT2D eigenvalue weighted by atomic mass is 16.4. The van der Waals surface area contributed by atoms with E-state index in [2.05, 4.69) is 10.2 Å². The molecule has 0 aliphatic rings. The van der Waals surface area contributed by atoms with Crippen LogP contribution >= 0.6 is 0 Å². The van der Waals surface area contributed by atoms with Crippen LogP contribution in [0, 0.1) is 0 Å². The Labute approximate surface area is 108 Å². The Hall–Kier alpha value is -1.75. The van der Waals surface area contributed by atoms with Crippen LogP contribution in [0.3, 0.4) is 0 Å². The van der Waals surface area contributed by atoms with E-state index in [0.717, 1.165) is 25.9 Å². The van der Waals surface area contributed by atoms with Gasteiger partial charge < -0.3 is 21.1 Å². The molecule has 0 saturated heterocycles. The van der Waals surface area contributed by atoms with E-state index in [4.69, 9.17) is 10.8 Å². The van der Waals surface area contributed by atoms with Crippen molar-refractivity contribution in [3.8, 4) is 0 Å².